The zero-order valence-electron chi connectivity index (χ0n) is 13.9. The number of rotatable bonds is 3. The van der Waals surface area contributed by atoms with E-state index in [-0.39, 0.29) is 36.3 Å². The maximum absolute atomic E-state index is 12.5. The summed E-state index contributed by atoms with van der Waals surface area (Å²) in [7, 11) is 5.27. The minimum absolute atomic E-state index is 0. The van der Waals surface area contributed by atoms with Crippen LogP contribution in [0, 0.1) is 5.92 Å². The molecule has 2 heterocycles. The maximum Gasteiger partial charge on any atom is 0.310 e. The molecule has 0 radical (unpaired) electrons. The summed E-state index contributed by atoms with van der Waals surface area (Å²) in [4.78, 5) is 14.8. The van der Waals surface area contributed by atoms with E-state index in [1.807, 2.05) is 0 Å². The van der Waals surface area contributed by atoms with Gasteiger partial charge in [-0.1, -0.05) is 0 Å². The average Bonchev–Trinajstić information content (AvgIpc) is 2.76. The molecule has 134 valence electrons. The fraction of sp³-hybridized carbons (Fsp3) is 0.588. The van der Waals surface area contributed by atoms with Gasteiger partial charge in [-0.3, -0.25) is 9.69 Å². The van der Waals surface area contributed by atoms with Crippen LogP contribution in [0.5, 0.6) is 5.75 Å². The van der Waals surface area contributed by atoms with E-state index in [0.29, 0.717) is 6.04 Å². The minimum Gasteiger partial charge on any atom is -0.494 e. The smallest absolute Gasteiger partial charge is 0.310 e. The number of methoxy groups -OCH3 is 2. The zero-order chi connectivity index (χ0) is 16.7. The molecule has 1 aromatic rings. The fourth-order valence-electron chi connectivity index (χ4n) is 4.26. The van der Waals surface area contributed by atoms with Crippen molar-refractivity contribution in [1.82, 2.24) is 4.90 Å². The highest BCUT2D eigenvalue weighted by Gasteiger charge is 2.49. The molecule has 4 atom stereocenters. The lowest BCUT2D eigenvalue weighted by atomic mass is 9.76. The zero-order valence-corrected chi connectivity index (χ0v) is 17.9. The summed E-state index contributed by atoms with van der Waals surface area (Å²) in [6, 6.07) is 4.97. The van der Waals surface area contributed by atoms with E-state index in [1.165, 1.54) is 7.11 Å². The van der Waals surface area contributed by atoms with Crippen molar-refractivity contribution in [1.29, 1.82) is 0 Å². The Morgan fingerprint density at radius 3 is 2.38 bits per heavy atom. The number of halogens is 3. The Kier molecular flexibility index (Phi) is 6.62. The van der Waals surface area contributed by atoms with Crippen LogP contribution in [0.4, 0.5) is 0 Å². The van der Waals surface area contributed by atoms with Gasteiger partial charge in [-0.25, -0.2) is 0 Å². The number of ether oxygens (including phenoxy) is 2. The van der Waals surface area contributed by atoms with Gasteiger partial charge in [0.15, 0.2) is 0 Å². The van der Waals surface area contributed by atoms with Crippen LogP contribution >= 0.6 is 44.3 Å². The quantitative estimate of drug-likeness (QED) is 0.598. The third-order valence-corrected chi connectivity index (χ3v) is 6.57. The largest absolute Gasteiger partial charge is 0.494 e. The number of esters is 1. The molecule has 0 N–H and O–H groups in total. The minimum atomic E-state index is -0.115. The summed E-state index contributed by atoms with van der Waals surface area (Å²) in [5.41, 5.74) is 1.16. The predicted molar refractivity (Wildman–Crippen MR) is 103 cm³/mol. The lowest BCUT2D eigenvalue weighted by molar-refractivity contribution is -0.150. The van der Waals surface area contributed by atoms with Crippen molar-refractivity contribution in [3.63, 3.8) is 0 Å². The van der Waals surface area contributed by atoms with Crippen LogP contribution < -0.4 is 4.74 Å². The Morgan fingerprint density at radius 2 is 1.83 bits per heavy atom. The van der Waals surface area contributed by atoms with E-state index in [4.69, 9.17) is 9.47 Å². The van der Waals surface area contributed by atoms with Gasteiger partial charge in [0.2, 0.25) is 0 Å². The van der Waals surface area contributed by atoms with E-state index in [1.54, 1.807) is 7.11 Å². The summed E-state index contributed by atoms with van der Waals surface area (Å²) >= 11 is 7.15. The molecule has 24 heavy (non-hydrogen) atoms. The van der Waals surface area contributed by atoms with Crippen LogP contribution in [-0.2, 0) is 9.53 Å². The fourth-order valence-corrected chi connectivity index (χ4v) is 5.80. The third kappa shape index (κ3) is 3.35. The number of carbonyl (C=O) groups is 1. The number of hydrogen-bond acceptors (Lipinski definition) is 4. The van der Waals surface area contributed by atoms with E-state index < -0.39 is 0 Å². The molecule has 2 bridgehead atoms. The maximum atomic E-state index is 12.5. The molecule has 0 amide bonds. The molecule has 0 saturated carbocycles. The van der Waals surface area contributed by atoms with Crippen molar-refractivity contribution in [3.8, 4) is 5.75 Å². The second kappa shape index (κ2) is 7.94. The molecule has 1 aromatic carbocycles. The Balaban J connectivity index is 0.00000208. The van der Waals surface area contributed by atoms with Gasteiger partial charge >= 0.3 is 5.97 Å². The Hall–Kier alpha value is -0.300. The van der Waals surface area contributed by atoms with Crippen LogP contribution in [-0.4, -0.2) is 44.2 Å². The number of piperidine rings is 1. The number of carbonyl (C=O) groups excluding carboxylic acids is 1. The molecule has 0 unspecified atom stereocenters. The number of fused-ring (bicyclic) bond motifs is 2. The van der Waals surface area contributed by atoms with Gasteiger partial charge in [0.25, 0.3) is 0 Å². The standard InChI is InChI=1S/C17H21Br2NO3.ClH/c1-20-10-4-5-14(20)15(17(21)23-3)11(8-10)9-6-12(18)16(22-2)13(19)7-9;/h6-7,10-11,14-15H,4-5,8H2,1-3H3;1H/t10-,11+,14+,15-;/m0./s1. The normalized spacial score (nSPS) is 29.0. The molecule has 2 aliphatic rings. The van der Waals surface area contributed by atoms with Crippen molar-refractivity contribution in [3.05, 3.63) is 26.6 Å². The lowest BCUT2D eigenvalue weighted by Crippen LogP contribution is -2.49. The van der Waals surface area contributed by atoms with Gasteiger partial charge in [-0.15, -0.1) is 12.4 Å². The van der Waals surface area contributed by atoms with Crippen LogP contribution in [0.1, 0.15) is 30.7 Å². The van der Waals surface area contributed by atoms with Crippen LogP contribution in [0.15, 0.2) is 21.1 Å². The summed E-state index contributed by atoms with van der Waals surface area (Å²) in [6.45, 7) is 0. The molecular formula is C17H22Br2ClNO3. The van der Waals surface area contributed by atoms with Gasteiger partial charge in [0, 0.05) is 18.0 Å². The molecular weight excluding hydrogens is 461 g/mol. The topological polar surface area (TPSA) is 38.8 Å². The Bertz CT molecular complexity index is 605. The highest BCUT2D eigenvalue weighted by molar-refractivity contribution is 9.11. The molecule has 0 spiro atoms. The van der Waals surface area contributed by atoms with Gasteiger partial charge in [-0.2, -0.15) is 0 Å². The number of benzene rings is 1. The molecule has 2 aliphatic heterocycles. The summed E-state index contributed by atoms with van der Waals surface area (Å²) in [6.07, 6.45) is 3.21. The second-order valence-electron chi connectivity index (χ2n) is 6.37. The molecule has 7 heteroatoms. The molecule has 2 fully saturated rings. The van der Waals surface area contributed by atoms with E-state index in [9.17, 15) is 4.79 Å². The summed E-state index contributed by atoms with van der Waals surface area (Å²) in [5, 5.41) is 0. The van der Waals surface area contributed by atoms with Crippen molar-refractivity contribution in [2.75, 3.05) is 21.3 Å². The van der Waals surface area contributed by atoms with Crippen LogP contribution in [0.3, 0.4) is 0 Å². The van der Waals surface area contributed by atoms with Crippen LogP contribution in [0.2, 0.25) is 0 Å². The summed E-state index contributed by atoms with van der Waals surface area (Å²) < 4.78 is 12.3. The van der Waals surface area contributed by atoms with Crippen molar-refractivity contribution in [2.45, 2.75) is 37.3 Å². The first kappa shape index (κ1) is 20.0. The molecule has 3 rings (SSSR count). The van der Waals surface area contributed by atoms with Crippen molar-refractivity contribution in [2.24, 2.45) is 5.92 Å². The Labute approximate surface area is 165 Å². The number of hydrogen-bond donors (Lipinski definition) is 0. The first-order valence-electron chi connectivity index (χ1n) is 7.80. The van der Waals surface area contributed by atoms with Gasteiger partial charge in [0.1, 0.15) is 5.75 Å². The Morgan fingerprint density at radius 1 is 1.21 bits per heavy atom. The van der Waals surface area contributed by atoms with Gasteiger partial charge in [-0.05, 0) is 75.9 Å². The monoisotopic (exact) mass is 481 g/mol. The molecule has 2 saturated heterocycles. The molecule has 0 aromatic heterocycles. The van der Waals surface area contributed by atoms with Crippen LogP contribution in [0.25, 0.3) is 0 Å². The average molecular weight is 484 g/mol. The van der Waals surface area contributed by atoms with Crippen molar-refractivity contribution >= 4 is 50.2 Å². The lowest BCUT2D eigenvalue weighted by Gasteiger charge is -2.41. The van der Waals surface area contributed by atoms with Gasteiger partial charge < -0.3 is 9.47 Å². The highest BCUT2D eigenvalue weighted by atomic mass is 79.9. The third-order valence-electron chi connectivity index (χ3n) is 5.40. The summed E-state index contributed by atoms with van der Waals surface area (Å²) in [5.74, 6) is 0.736. The van der Waals surface area contributed by atoms with E-state index in [2.05, 4.69) is 55.9 Å². The first-order valence-corrected chi connectivity index (χ1v) is 9.39. The molecule has 0 aliphatic carbocycles. The predicted octanol–water partition coefficient (Wildman–Crippen LogP) is 4.38. The SMILES string of the molecule is COC(=O)[C@H]1[C@@H](c2cc(Br)c(OC)c(Br)c2)C[C@@H]2CC[C@H]1N2C.Cl. The first-order chi connectivity index (χ1) is 11.0. The van der Waals surface area contributed by atoms with E-state index in [0.717, 1.165) is 39.5 Å². The van der Waals surface area contributed by atoms with Crippen molar-refractivity contribution < 1.29 is 14.3 Å². The number of nitrogens with zero attached hydrogens (tertiary/aromatic N) is 1. The highest BCUT2D eigenvalue weighted by Crippen LogP contribution is 2.48. The molecule has 4 nitrogen and oxygen atoms in total. The second-order valence-corrected chi connectivity index (χ2v) is 8.08. The van der Waals surface area contributed by atoms with Gasteiger partial charge in [0.05, 0.1) is 29.1 Å². The van der Waals surface area contributed by atoms with E-state index >= 15 is 0 Å².